The number of methoxy groups -OCH3 is 1. The fourth-order valence-corrected chi connectivity index (χ4v) is 4.22. The Balaban J connectivity index is 1.80. The SMILES string of the molecule is COc1cccc(C2C(C(=O)Nc3ccc(F)cc3F)=C(C)NC3=C2C(=O)CCC3)c1. The number of halogens is 2. The van der Waals surface area contributed by atoms with Crippen LogP contribution in [-0.2, 0) is 9.59 Å². The highest BCUT2D eigenvalue weighted by molar-refractivity contribution is 6.09. The van der Waals surface area contributed by atoms with Crippen molar-refractivity contribution in [3.05, 3.63) is 82.2 Å². The van der Waals surface area contributed by atoms with Crippen molar-refractivity contribution in [3.8, 4) is 5.75 Å². The van der Waals surface area contributed by atoms with Gasteiger partial charge in [-0.3, -0.25) is 9.59 Å². The lowest BCUT2D eigenvalue weighted by molar-refractivity contribution is -0.116. The van der Waals surface area contributed by atoms with Crippen LogP contribution in [-0.4, -0.2) is 18.8 Å². The summed E-state index contributed by atoms with van der Waals surface area (Å²) in [6, 6.07) is 10.2. The number of dihydropyridines is 1. The quantitative estimate of drug-likeness (QED) is 0.754. The third kappa shape index (κ3) is 3.95. The largest absolute Gasteiger partial charge is 0.497 e. The van der Waals surface area contributed by atoms with Crippen LogP contribution in [0.5, 0.6) is 5.75 Å². The van der Waals surface area contributed by atoms with Gasteiger partial charge in [-0.1, -0.05) is 12.1 Å². The van der Waals surface area contributed by atoms with Gasteiger partial charge in [0.15, 0.2) is 5.78 Å². The second-order valence-electron chi connectivity index (χ2n) is 7.62. The first-order chi connectivity index (χ1) is 14.9. The van der Waals surface area contributed by atoms with Crippen LogP contribution >= 0.6 is 0 Å². The molecule has 1 aliphatic heterocycles. The van der Waals surface area contributed by atoms with Gasteiger partial charge in [-0.2, -0.15) is 0 Å². The van der Waals surface area contributed by atoms with Crippen LogP contribution in [0.2, 0.25) is 0 Å². The molecule has 5 nitrogen and oxygen atoms in total. The highest BCUT2D eigenvalue weighted by atomic mass is 19.1. The summed E-state index contributed by atoms with van der Waals surface area (Å²) in [5, 5.41) is 5.74. The molecule has 1 heterocycles. The standard InChI is InChI=1S/C24H22F2N2O3/c1-13-21(24(30)28-18-10-9-15(25)12-17(18)26)22(14-5-3-6-16(11-14)31-2)23-19(27-13)7-4-8-20(23)29/h3,5-6,9-12,22,27H,4,7-8H2,1-2H3,(H,28,30). The molecule has 0 spiro atoms. The van der Waals surface area contributed by atoms with E-state index < -0.39 is 23.5 Å². The van der Waals surface area contributed by atoms with Gasteiger partial charge in [-0.05, 0) is 49.6 Å². The van der Waals surface area contributed by atoms with E-state index in [-0.39, 0.29) is 11.5 Å². The van der Waals surface area contributed by atoms with E-state index in [1.165, 1.54) is 6.07 Å². The van der Waals surface area contributed by atoms with Crippen LogP contribution in [0.1, 0.15) is 37.7 Å². The molecular formula is C24H22F2N2O3. The summed E-state index contributed by atoms with van der Waals surface area (Å²) >= 11 is 0. The Hall–Kier alpha value is -3.48. The number of rotatable bonds is 4. The molecule has 1 amide bonds. The number of amides is 1. The van der Waals surface area contributed by atoms with Crippen molar-refractivity contribution in [2.75, 3.05) is 12.4 Å². The monoisotopic (exact) mass is 424 g/mol. The van der Waals surface area contributed by atoms with Crippen molar-refractivity contribution in [1.29, 1.82) is 0 Å². The summed E-state index contributed by atoms with van der Waals surface area (Å²) < 4.78 is 32.8. The van der Waals surface area contributed by atoms with E-state index in [0.717, 1.165) is 23.7 Å². The molecule has 0 fully saturated rings. The Morgan fingerprint density at radius 3 is 2.71 bits per heavy atom. The van der Waals surface area contributed by atoms with Gasteiger partial charge in [0.25, 0.3) is 5.91 Å². The van der Waals surface area contributed by atoms with Crippen LogP contribution in [0.25, 0.3) is 0 Å². The molecule has 1 unspecified atom stereocenters. The molecule has 2 aliphatic rings. The van der Waals surface area contributed by atoms with Gasteiger partial charge >= 0.3 is 0 Å². The Morgan fingerprint density at radius 2 is 1.97 bits per heavy atom. The molecule has 7 heteroatoms. The van der Waals surface area contributed by atoms with Crippen molar-refractivity contribution in [2.45, 2.75) is 32.1 Å². The van der Waals surface area contributed by atoms with E-state index in [1.54, 1.807) is 32.2 Å². The molecule has 160 valence electrons. The van der Waals surface area contributed by atoms with Gasteiger partial charge in [0, 0.05) is 40.9 Å². The lowest BCUT2D eigenvalue weighted by atomic mass is 9.75. The molecule has 1 atom stereocenters. The predicted octanol–water partition coefficient (Wildman–Crippen LogP) is 4.58. The number of carbonyl (C=O) groups excluding carboxylic acids is 2. The van der Waals surface area contributed by atoms with Gasteiger partial charge < -0.3 is 15.4 Å². The fraction of sp³-hybridized carbons (Fsp3) is 0.250. The molecule has 1 aliphatic carbocycles. The van der Waals surface area contributed by atoms with Crippen LogP contribution in [0.3, 0.4) is 0 Å². The van der Waals surface area contributed by atoms with Crippen molar-refractivity contribution >= 4 is 17.4 Å². The summed E-state index contributed by atoms with van der Waals surface area (Å²) in [4.78, 5) is 26.2. The number of nitrogens with one attached hydrogen (secondary N) is 2. The van der Waals surface area contributed by atoms with Crippen molar-refractivity contribution in [2.24, 2.45) is 0 Å². The third-order valence-corrected chi connectivity index (χ3v) is 5.63. The summed E-state index contributed by atoms with van der Waals surface area (Å²) in [6.07, 6.45) is 1.85. The minimum absolute atomic E-state index is 0.0210. The molecule has 31 heavy (non-hydrogen) atoms. The number of anilines is 1. The van der Waals surface area contributed by atoms with Gasteiger partial charge in [0.1, 0.15) is 17.4 Å². The number of carbonyl (C=O) groups is 2. The maximum atomic E-state index is 14.2. The lowest BCUT2D eigenvalue weighted by Gasteiger charge is -2.34. The van der Waals surface area contributed by atoms with Gasteiger partial charge in [-0.15, -0.1) is 0 Å². The summed E-state index contributed by atoms with van der Waals surface area (Å²) in [5.41, 5.74) is 2.85. The number of allylic oxidation sites excluding steroid dienone is 3. The highest BCUT2D eigenvalue weighted by Crippen LogP contribution is 2.43. The zero-order valence-electron chi connectivity index (χ0n) is 17.2. The van der Waals surface area contributed by atoms with Crippen LogP contribution in [0.4, 0.5) is 14.5 Å². The van der Waals surface area contributed by atoms with Crippen LogP contribution in [0, 0.1) is 11.6 Å². The maximum Gasteiger partial charge on any atom is 0.254 e. The van der Waals surface area contributed by atoms with Gasteiger partial charge in [-0.25, -0.2) is 8.78 Å². The van der Waals surface area contributed by atoms with Crippen molar-refractivity contribution < 1.29 is 23.1 Å². The summed E-state index contributed by atoms with van der Waals surface area (Å²) in [7, 11) is 1.55. The number of hydrogen-bond acceptors (Lipinski definition) is 4. The first-order valence-corrected chi connectivity index (χ1v) is 10.0. The van der Waals surface area contributed by atoms with E-state index in [4.69, 9.17) is 4.74 Å². The molecule has 2 aromatic carbocycles. The van der Waals surface area contributed by atoms with Crippen LogP contribution < -0.4 is 15.4 Å². The van der Waals surface area contributed by atoms with E-state index in [1.807, 2.05) is 6.07 Å². The molecule has 4 rings (SSSR count). The molecule has 0 saturated carbocycles. The van der Waals surface area contributed by atoms with Gasteiger partial charge in [0.2, 0.25) is 0 Å². The molecular weight excluding hydrogens is 402 g/mol. The second kappa shape index (κ2) is 8.34. The second-order valence-corrected chi connectivity index (χ2v) is 7.62. The van der Waals surface area contributed by atoms with E-state index in [9.17, 15) is 18.4 Å². The van der Waals surface area contributed by atoms with E-state index in [0.29, 0.717) is 41.5 Å². The zero-order chi connectivity index (χ0) is 22.1. The number of benzene rings is 2. The maximum absolute atomic E-state index is 14.2. The normalized spacial score (nSPS) is 18.5. The third-order valence-electron chi connectivity index (χ3n) is 5.63. The topological polar surface area (TPSA) is 67.4 Å². The van der Waals surface area contributed by atoms with Crippen molar-refractivity contribution in [3.63, 3.8) is 0 Å². The average molecular weight is 424 g/mol. The lowest BCUT2D eigenvalue weighted by Crippen LogP contribution is -2.35. The Bertz CT molecular complexity index is 1140. The number of hydrogen-bond donors (Lipinski definition) is 2. The molecule has 2 aromatic rings. The molecule has 0 aromatic heterocycles. The predicted molar refractivity (Wildman–Crippen MR) is 112 cm³/mol. The average Bonchev–Trinajstić information content (AvgIpc) is 2.75. The van der Waals surface area contributed by atoms with Crippen molar-refractivity contribution in [1.82, 2.24) is 5.32 Å². The minimum Gasteiger partial charge on any atom is -0.497 e. The molecule has 2 N–H and O–H groups in total. The Kier molecular flexibility index (Phi) is 5.59. The Morgan fingerprint density at radius 1 is 1.16 bits per heavy atom. The molecule has 0 bridgehead atoms. The highest BCUT2D eigenvalue weighted by Gasteiger charge is 2.38. The van der Waals surface area contributed by atoms with Crippen LogP contribution in [0.15, 0.2) is 65.0 Å². The van der Waals surface area contributed by atoms with Gasteiger partial charge in [0.05, 0.1) is 12.8 Å². The number of ketones is 1. The fourth-order valence-electron chi connectivity index (χ4n) is 4.22. The Labute approximate surface area is 178 Å². The molecule has 0 saturated heterocycles. The first-order valence-electron chi connectivity index (χ1n) is 10.0. The summed E-state index contributed by atoms with van der Waals surface area (Å²) in [6.45, 7) is 1.76. The summed E-state index contributed by atoms with van der Waals surface area (Å²) in [5.74, 6) is -2.21. The first kappa shape index (κ1) is 20.8. The van der Waals surface area contributed by atoms with E-state index >= 15 is 0 Å². The molecule has 0 radical (unpaired) electrons. The van der Waals surface area contributed by atoms with E-state index in [2.05, 4.69) is 10.6 Å². The number of ether oxygens (including phenoxy) is 1. The number of Topliss-reactive ketones (excluding diaryl/α,β-unsaturated/α-hetero) is 1. The zero-order valence-corrected chi connectivity index (χ0v) is 17.2. The smallest absolute Gasteiger partial charge is 0.254 e. The minimum atomic E-state index is -0.873.